The second kappa shape index (κ2) is 21.6. The molecule has 4 N–H and O–H groups in total. The molecule has 5 rings (SSSR count). The molecular weight excluding hydrogens is 608 g/mol. The van der Waals surface area contributed by atoms with Gasteiger partial charge in [0, 0.05) is 24.0 Å². The topological polar surface area (TPSA) is 137 Å². The Morgan fingerprint density at radius 1 is 0.958 bits per heavy atom. The lowest BCUT2D eigenvalue weighted by molar-refractivity contribution is -0.131. The van der Waals surface area contributed by atoms with E-state index >= 15 is 0 Å². The number of likely N-dealkylation sites (N-methyl/N-ethyl adjacent to an activating group) is 1. The van der Waals surface area contributed by atoms with Gasteiger partial charge in [0.25, 0.3) is 0 Å². The number of carbonyl (C=O) groups is 3. The van der Waals surface area contributed by atoms with Crippen LogP contribution in [0.2, 0.25) is 0 Å². The van der Waals surface area contributed by atoms with Crippen LogP contribution in [0.5, 0.6) is 5.75 Å². The summed E-state index contributed by atoms with van der Waals surface area (Å²) >= 11 is 0. The quantitative estimate of drug-likeness (QED) is 0.174. The number of nitrogens with zero attached hydrogens (tertiary/aromatic N) is 1. The minimum absolute atomic E-state index is 0.0641. The first-order valence-corrected chi connectivity index (χ1v) is 16.2. The minimum atomic E-state index is -0.973. The molecule has 1 amide bonds. The normalized spacial score (nSPS) is 15.7. The van der Waals surface area contributed by atoms with Crippen molar-refractivity contribution in [2.24, 2.45) is 0 Å². The number of nitrogens with one attached hydrogen (secondary N) is 3. The summed E-state index contributed by atoms with van der Waals surface area (Å²) in [7, 11) is 1.91. The molecule has 0 bridgehead atoms. The van der Waals surface area contributed by atoms with Crippen molar-refractivity contribution in [1.29, 1.82) is 0 Å². The summed E-state index contributed by atoms with van der Waals surface area (Å²) in [6, 6.07) is 24.7. The third-order valence-corrected chi connectivity index (χ3v) is 7.74. The number of para-hydroxylation sites is 1. The van der Waals surface area contributed by atoms with Gasteiger partial charge in [-0.25, -0.2) is 9.59 Å². The number of hydrogen-bond acceptors (Lipinski definition) is 8. The molecule has 1 aliphatic heterocycles. The Balaban J connectivity index is 0.000000917. The maximum atomic E-state index is 13.4. The van der Waals surface area contributed by atoms with E-state index in [0.717, 1.165) is 42.0 Å². The molecule has 1 aliphatic carbocycles. The monoisotopic (exact) mass is 656 g/mol. The molecule has 0 aromatic heterocycles. The van der Waals surface area contributed by atoms with Crippen LogP contribution in [0.1, 0.15) is 62.4 Å². The molecular formula is C38H48N4O6. The van der Waals surface area contributed by atoms with Gasteiger partial charge in [0.15, 0.2) is 0 Å². The number of carboxylic acid groups (broad SMARTS) is 1. The number of anilines is 2. The Morgan fingerprint density at radius 3 is 2.04 bits per heavy atom. The van der Waals surface area contributed by atoms with Crippen LogP contribution in [0.4, 0.5) is 11.4 Å². The number of ether oxygens (including phenoxy) is 1. The van der Waals surface area contributed by atoms with Crippen LogP contribution in [0, 0.1) is 0 Å². The van der Waals surface area contributed by atoms with Gasteiger partial charge in [-0.3, -0.25) is 4.79 Å². The average molecular weight is 657 g/mol. The number of allylic oxidation sites excluding steroid dienone is 2. The summed E-state index contributed by atoms with van der Waals surface area (Å²) in [5.41, 5.74) is 4.59. The molecule has 1 heterocycles. The van der Waals surface area contributed by atoms with E-state index in [-0.39, 0.29) is 23.6 Å². The van der Waals surface area contributed by atoms with E-state index in [1.165, 1.54) is 30.2 Å². The van der Waals surface area contributed by atoms with Crippen LogP contribution in [-0.4, -0.2) is 66.9 Å². The second-order valence-electron chi connectivity index (χ2n) is 10.8. The third kappa shape index (κ3) is 12.2. The van der Waals surface area contributed by atoms with Gasteiger partial charge >= 0.3 is 5.97 Å². The Kier molecular flexibility index (Phi) is 17.5. The largest absolute Gasteiger partial charge is 0.491 e. The summed E-state index contributed by atoms with van der Waals surface area (Å²) < 4.78 is 5.94. The average Bonchev–Trinajstić information content (AvgIpc) is 3.53. The van der Waals surface area contributed by atoms with E-state index in [0.29, 0.717) is 25.3 Å². The molecule has 2 aliphatic rings. The number of carbonyl (C=O) groups excluding carboxylic acids is 3. The first-order chi connectivity index (χ1) is 23.4. The van der Waals surface area contributed by atoms with E-state index in [9.17, 15) is 9.59 Å². The van der Waals surface area contributed by atoms with Crippen molar-refractivity contribution in [3.8, 4) is 5.75 Å². The summed E-state index contributed by atoms with van der Waals surface area (Å²) in [5.74, 6) is 2.28. The summed E-state index contributed by atoms with van der Waals surface area (Å²) in [6.45, 7) is 8.61. The van der Waals surface area contributed by atoms with Crippen LogP contribution in [-0.2, 0) is 20.8 Å². The lowest BCUT2D eigenvalue weighted by Crippen LogP contribution is -2.40. The number of hydrogen-bond donors (Lipinski definition) is 4. The standard InChI is InChI=1S/C32H36N4O4.C3H4O.C2H6.CH2O/c1-33-27-19-28(21-40-29-16-12-24(13-17-29)32(38)39)36(20-27)30(37)18-22-10-14-26(15-11-22)35-31(23-6-5-7-23)34-25-8-3-2-4-9-25;1-2-3-4;2*1-2/h2-4,8-17,27-28,33-35H,5-7,18-21H2,1H3,(H,38,39);2H,1H3;1-2H3;1H2. The number of likely N-dealkylation sites (tertiary alicyclic amines) is 1. The van der Waals surface area contributed by atoms with E-state index < -0.39 is 5.97 Å². The fraction of sp³-hybridized carbons (Fsp3) is 0.342. The highest BCUT2D eigenvalue weighted by Crippen LogP contribution is 2.30. The fourth-order valence-corrected chi connectivity index (χ4v) is 5.08. The van der Waals surface area contributed by atoms with Crippen molar-refractivity contribution < 1.29 is 29.0 Å². The zero-order valence-corrected chi connectivity index (χ0v) is 28.3. The van der Waals surface area contributed by atoms with Crippen molar-refractivity contribution in [2.75, 3.05) is 30.8 Å². The molecule has 3 aromatic carbocycles. The molecule has 48 heavy (non-hydrogen) atoms. The van der Waals surface area contributed by atoms with Crippen LogP contribution < -0.4 is 20.7 Å². The molecule has 10 heteroatoms. The van der Waals surface area contributed by atoms with Crippen molar-refractivity contribution in [2.45, 2.75) is 65.0 Å². The van der Waals surface area contributed by atoms with Crippen LogP contribution in [0.15, 0.2) is 96.3 Å². The molecule has 2 unspecified atom stereocenters. The zero-order chi connectivity index (χ0) is 35.3. The number of aromatic carboxylic acids is 1. The number of rotatable bonds is 11. The highest BCUT2D eigenvalue weighted by molar-refractivity contribution is 5.87. The van der Waals surface area contributed by atoms with E-state index in [2.05, 4.69) is 28.1 Å². The number of carboxylic acids is 1. The van der Waals surface area contributed by atoms with Gasteiger partial charge in [0.05, 0.1) is 18.0 Å². The van der Waals surface area contributed by atoms with Crippen LogP contribution in [0.25, 0.3) is 0 Å². The molecule has 2 fully saturated rings. The molecule has 10 nitrogen and oxygen atoms in total. The smallest absolute Gasteiger partial charge is 0.335 e. The highest BCUT2D eigenvalue weighted by Gasteiger charge is 2.34. The number of amides is 1. The molecule has 3 aromatic rings. The molecule has 1 saturated heterocycles. The first kappa shape index (κ1) is 39.0. The molecule has 2 atom stereocenters. The summed E-state index contributed by atoms with van der Waals surface area (Å²) in [4.78, 5) is 43.4. The Morgan fingerprint density at radius 2 is 1.54 bits per heavy atom. The lowest BCUT2D eigenvalue weighted by Gasteiger charge is -2.25. The van der Waals surface area contributed by atoms with Gasteiger partial charge in [0.2, 0.25) is 5.91 Å². The zero-order valence-electron chi connectivity index (χ0n) is 28.3. The van der Waals surface area contributed by atoms with Crippen LogP contribution >= 0.6 is 0 Å². The number of benzene rings is 3. The van der Waals surface area contributed by atoms with Gasteiger partial charge in [-0.1, -0.05) is 44.2 Å². The van der Waals surface area contributed by atoms with Crippen molar-refractivity contribution in [3.63, 3.8) is 0 Å². The highest BCUT2D eigenvalue weighted by atomic mass is 16.5. The van der Waals surface area contributed by atoms with Gasteiger partial charge < -0.3 is 35.5 Å². The lowest BCUT2D eigenvalue weighted by atomic mass is 9.92. The van der Waals surface area contributed by atoms with E-state index in [1.807, 2.05) is 75.0 Å². The van der Waals surface area contributed by atoms with Crippen molar-refractivity contribution in [1.82, 2.24) is 10.2 Å². The second-order valence-corrected chi connectivity index (χ2v) is 10.8. The fourth-order valence-electron chi connectivity index (χ4n) is 5.08. The Hall–Kier alpha value is -5.18. The molecule has 0 spiro atoms. The Bertz CT molecular complexity index is 1480. The predicted octanol–water partition coefficient (Wildman–Crippen LogP) is 6.35. The maximum absolute atomic E-state index is 13.4. The van der Waals surface area contributed by atoms with Crippen molar-refractivity contribution >= 4 is 36.0 Å². The third-order valence-electron chi connectivity index (χ3n) is 7.74. The van der Waals surface area contributed by atoms with Gasteiger partial charge in [-0.15, -0.1) is 0 Å². The van der Waals surface area contributed by atoms with E-state index in [4.69, 9.17) is 19.4 Å². The predicted molar refractivity (Wildman–Crippen MR) is 191 cm³/mol. The molecule has 1 saturated carbocycles. The van der Waals surface area contributed by atoms with Gasteiger partial charge in [-0.05, 0) is 105 Å². The first-order valence-electron chi connectivity index (χ1n) is 16.2. The van der Waals surface area contributed by atoms with Crippen LogP contribution in [0.3, 0.4) is 0 Å². The SMILES string of the molecule is C=O.CC.CC=C=O.CNC1CC(COc2ccc(C(=O)O)cc2)N(C(=O)Cc2ccc(NC(Nc3ccccc3)=C3CCC3)cc2)C1. The summed E-state index contributed by atoms with van der Waals surface area (Å²) in [6.07, 6.45) is 5.83. The van der Waals surface area contributed by atoms with Crippen molar-refractivity contribution in [3.05, 3.63) is 107 Å². The van der Waals surface area contributed by atoms with Gasteiger partial charge in [-0.2, -0.15) is 0 Å². The Labute approximate surface area is 283 Å². The maximum Gasteiger partial charge on any atom is 0.335 e. The minimum Gasteiger partial charge on any atom is -0.491 e. The summed E-state index contributed by atoms with van der Waals surface area (Å²) in [5, 5.41) is 19.4. The molecule has 0 radical (unpaired) electrons. The van der Waals surface area contributed by atoms with E-state index in [1.54, 1.807) is 25.0 Å². The molecule has 256 valence electrons. The van der Waals surface area contributed by atoms with Gasteiger partial charge in [0.1, 0.15) is 30.9 Å².